The third-order valence-corrected chi connectivity index (χ3v) is 7.86. The fraction of sp³-hybridized carbons (Fsp3) is 0.382. The zero-order valence-electron chi connectivity index (χ0n) is 25.1. The molecule has 226 valence electrons. The van der Waals surface area contributed by atoms with Gasteiger partial charge in [0.05, 0.1) is 19.3 Å². The first-order valence-corrected chi connectivity index (χ1v) is 14.5. The molecule has 9 heteroatoms. The van der Waals surface area contributed by atoms with Crippen molar-refractivity contribution in [1.82, 2.24) is 10.4 Å². The minimum Gasteiger partial charge on any atom is -0.496 e. The zero-order valence-corrected chi connectivity index (χ0v) is 25.1. The van der Waals surface area contributed by atoms with E-state index in [1.165, 1.54) is 7.11 Å². The Kier molecular flexibility index (Phi) is 8.62. The molecule has 3 aromatic carbocycles. The SMILES string of the molecule is COc1ccc(C(=O)N2CCC3(CC2)COc2ccc(CCC(=O)OC(C)(C)C)cc23)cc1C(=O)NOc1ccccc1. The molecule has 0 bridgehead atoms. The molecule has 2 aliphatic heterocycles. The van der Waals surface area contributed by atoms with Crippen molar-refractivity contribution in [1.29, 1.82) is 0 Å². The number of aryl methyl sites for hydroxylation is 1. The molecule has 1 N–H and O–H groups in total. The van der Waals surface area contributed by atoms with Crippen LogP contribution >= 0.6 is 0 Å². The first kappa shape index (κ1) is 29.9. The number of para-hydroxylation sites is 1. The lowest BCUT2D eigenvalue weighted by atomic mass is 9.74. The van der Waals surface area contributed by atoms with Crippen molar-refractivity contribution in [2.24, 2.45) is 0 Å². The van der Waals surface area contributed by atoms with E-state index < -0.39 is 11.5 Å². The van der Waals surface area contributed by atoms with E-state index in [4.69, 9.17) is 19.0 Å². The van der Waals surface area contributed by atoms with Crippen LogP contribution in [0, 0.1) is 0 Å². The summed E-state index contributed by atoms with van der Waals surface area (Å²) in [4.78, 5) is 45.9. The Morgan fingerprint density at radius 1 is 0.977 bits per heavy atom. The highest BCUT2D eigenvalue weighted by atomic mass is 16.7. The number of amides is 2. The van der Waals surface area contributed by atoms with Crippen LogP contribution in [-0.2, 0) is 21.4 Å². The third-order valence-electron chi connectivity index (χ3n) is 7.86. The molecule has 1 fully saturated rings. The third kappa shape index (κ3) is 6.93. The standard InChI is InChI=1S/C34H38N2O7/c1-33(2,3)42-30(37)15-11-23-10-13-29-27(20-23)34(22-41-29)16-18-36(19-17-34)32(39)24-12-14-28(40-4)26(21-24)31(38)35-43-25-8-6-5-7-9-25/h5-10,12-14,20-21H,11,15-19,22H2,1-4H3,(H,35,38). The predicted molar refractivity (Wildman–Crippen MR) is 160 cm³/mol. The number of methoxy groups -OCH3 is 1. The molecular formula is C34H38N2O7. The first-order chi connectivity index (χ1) is 20.6. The molecule has 1 spiro atoms. The number of piperidine rings is 1. The highest BCUT2D eigenvalue weighted by Gasteiger charge is 2.44. The molecule has 0 atom stereocenters. The van der Waals surface area contributed by atoms with Gasteiger partial charge in [-0.25, -0.2) is 0 Å². The van der Waals surface area contributed by atoms with Gasteiger partial charge in [0.15, 0.2) is 5.75 Å². The van der Waals surface area contributed by atoms with E-state index in [0.29, 0.717) is 49.6 Å². The highest BCUT2D eigenvalue weighted by Crippen LogP contribution is 2.46. The average molecular weight is 587 g/mol. The Balaban J connectivity index is 1.23. The van der Waals surface area contributed by atoms with Gasteiger partial charge in [-0.15, -0.1) is 0 Å². The predicted octanol–water partition coefficient (Wildman–Crippen LogP) is 5.26. The maximum absolute atomic E-state index is 13.6. The molecule has 2 heterocycles. The summed E-state index contributed by atoms with van der Waals surface area (Å²) in [5.74, 6) is 0.802. The number of hydroxylamine groups is 1. The number of likely N-dealkylation sites (tertiary alicyclic amines) is 1. The second-order valence-electron chi connectivity index (χ2n) is 12.0. The second kappa shape index (κ2) is 12.4. The molecule has 0 unspecified atom stereocenters. The van der Waals surface area contributed by atoms with Gasteiger partial charge in [0.1, 0.15) is 17.1 Å². The summed E-state index contributed by atoms with van der Waals surface area (Å²) in [6.45, 7) is 7.26. The largest absolute Gasteiger partial charge is 0.496 e. The summed E-state index contributed by atoms with van der Waals surface area (Å²) in [6, 6.07) is 19.9. The van der Waals surface area contributed by atoms with Gasteiger partial charge in [0.25, 0.3) is 11.8 Å². The minimum absolute atomic E-state index is 0.152. The number of hydrogen-bond acceptors (Lipinski definition) is 7. The van der Waals surface area contributed by atoms with Crippen LogP contribution in [-0.4, -0.2) is 55.1 Å². The Morgan fingerprint density at radius 3 is 2.42 bits per heavy atom. The molecule has 43 heavy (non-hydrogen) atoms. The van der Waals surface area contributed by atoms with Gasteiger partial charge in [0.2, 0.25) is 0 Å². The van der Waals surface area contributed by atoms with Crippen molar-refractivity contribution in [3.05, 3.63) is 89.0 Å². The van der Waals surface area contributed by atoms with Crippen molar-refractivity contribution in [2.75, 3.05) is 26.8 Å². The molecule has 3 aromatic rings. The normalized spacial score (nSPS) is 15.3. The first-order valence-electron chi connectivity index (χ1n) is 14.5. The van der Waals surface area contributed by atoms with Crippen LogP contribution in [0.15, 0.2) is 66.7 Å². The summed E-state index contributed by atoms with van der Waals surface area (Å²) in [7, 11) is 1.47. The van der Waals surface area contributed by atoms with Crippen molar-refractivity contribution in [3.8, 4) is 17.2 Å². The number of carbonyl (C=O) groups is 3. The van der Waals surface area contributed by atoms with Gasteiger partial charge < -0.3 is 23.9 Å². The molecular weight excluding hydrogens is 548 g/mol. The zero-order chi connectivity index (χ0) is 30.6. The van der Waals surface area contributed by atoms with Crippen LogP contribution in [0.2, 0.25) is 0 Å². The lowest BCUT2D eigenvalue weighted by Crippen LogP contribution is -2.46. The molecule has 0 saturated carbocycles. The van der Waals surface area contributed by atoms with E-state index in [-0.39, 0.29) is 22.9 Å². The molecule has 0 radical (unpaired) electrons. The lowest BCUT2D eigenvalue weighted by Gasteiger charge is -2.38. The summed E-state index contributed by atoms with van der Waals surface area (Å²) >= 11 is 0. The van der Waals surface area contributed by atoms with Crippen LogP contribution in [0.1, 0.15) is 71.9 Å². The maximum Gasteiger partial charge on any atom is 0.306 e. The number of ether oxygens (including phenoxy) is 3. The van der Waals surface area contributed by atoms with Gasteiger partial charge in [-0.1, -0.05) is 30.3 Å². The van der Waals surface area contributed by atoms with Crippen molar-refractivity contribution >= 4 is 17.8 Å². The van der Waals surface area contributed by atoms with Crippen LogP contribution in [0.5, 0.6) is 17.2 Å². The number of nitrogens with one attached hydrogen (secondary N) is 1. The smallest absolute Gasteiger partial charge is 0.306 e. The van der Waals surface area contributed by atoms with E-state index >= 15 is 0 Å². The van der Waals surface area contributed by atoms with Crippen LogP contribution in [0.25, 0.3) is 0 Å². The van der Waals surface area contributed by atoms with Gasteiger partial charge in [-0.3, -0.25) is 14.4 Å². The van der Waals surface area contributed by atoms with E-state index in [1.54, 1.807) is 42.5 Å². The number of hydrogen-bond donors (Lipinski definition) is 1. The van der Waals surface area contributed by atoms with E-state index in [0.717, 1.165) is 29.7 Å². The molecule has 2 amide bonds. The molecule has 9 nitrogen and oxygen atoms in total. The highest BCUT2D eigenvalue weighted by molar-refractivity contribution is 6.01. The number of esters is 1. The number of rotatable bonds is 8. The minimum atomic E-state index is -0.518. The van der Waals surface area contributed by atoms with Crippen LogP contribution in [0.3, 0.4) is 0 Å². The van der Waals surface area contributed by atoms with E-state index in [9.17, 15) is 14.4 Å². The van der Waals surface area contributed by atoms with Crippen molar-refractivity contribution in [3.63, 3.8) is 0 Å². The average Bonchev–Trinajstić information content (AvgIpc) is 3.35. The molecule has 2 aliphatic rings. The Bertz CT molecular complexity index is 1490. The Labute approximate surface area is 252 Å². The Morgan fingerprint density at radius 2 is 1.72 bits per heavy atom. The monoisotopic (exact) mass is 586 g/mol. The van der Waals surface area contributed by atoms with Gasteiger partial charge in [-0.2, -0.15) is 5.48 Å². The van der Waals surface area contributed by atoms with E-state index in [1.807, 2.05) is 43.9 Å². The fourth-order valence-corrected chi connectivity index (χ4v) is 5.61. The number of fused-ring (bicyclic) bond motifs is 2. The lowest BCUT2D eigenvalue weighted by molar-refractivity contribution is -0.154. The fourth-order valence-electron chi connectivity index (χ4n) is 5.61. The van der Waals surface area contributed by atoms with Crippen LogP contribution < -0.4 is 19.8 Å². The summed E-state index contributed by atoms with van der Waals surface area (Å²) in [6.07, 6.45) is 2.39. The number of benzene rings is 3. The van der Waals surface area contributed by atoms with Gasteiger partial charge in [0, 0.05) is 36.1 Å². The molecule has 1 saturated heterocycles. The van der Waals surface area contributed by atoms with Gasteiger partial charge >= 0.3 is 5.97 Å². The second-order valence-corrected chi connectivity index (χ2v) is 12.0. The quantitative estimate of drug-likeness (QED) is 0.284. The summed E-state index contributed by atoms with van der Waals surface area (Å²) in [5.41, 5.74) is 4.54. The van der Waals surface area contributed by atoms with Crippen molar-refractivity contribution in [2.45, 2.75) is 57.5 Å². The Hall–Kier alpha value is -4.53. The number of nitrogens with zero attached hydrogens (tertiary/aromatic N) is 1. The maximum atomic E-state index is 13.6. The van der Waals surface area contributed by atoms with Gasteiger partial charge in [-0.05, 0) is 82.0 Å². The summed E-state index contributed by atoms with van der Waals surface area (Å²) in [5, 5.41) is 0. The topological polar surface area (TPSA) is 103 Å². The molecule has 5 rings (SSSR count). The number of carbonyl (C=O) groups excluding carboxylic acids is 3. The summed E-state index contributed by atoms with van der Waals surface area (Å²) < 4.78 is 16.9. The van der Waals surface area contributed by atoms with Crippen molar-refractivity contribution < 1.29 is 33.4 Å². The van der Waals surface area contributed by atoms with E-state index in [2.05, 4.69) is 11.5 Å². The molecule has 0 aromatic heterocycles. The molecule has 0 aliphatic carbocycles. The van der Waals surface area contributed by atoms with Crippen LogP contribution in [0.4, 0.5) is 0 Å².